The number of benzene rings is 6. The van der Waals surface area contributed by atoms with Crippen LogP contribution in [0.3, 0.4) is 0 Å². The summed E-state index contributed by atoms with van der Waals surface area (Å²) in [5, 5.41) is 3.01. The Hall–Kier alpha value is -6.01. The van der Waals surface area contributed by atoms with Crippen LogP contribution in [0, 0.1) is 20.4 Å². The van der Waals surface area contributed by atoms with Gasteiger partial charge in [0.05, 0.1) is 45.6 Å². The molecule has 0 amide bonds. The highest BCUT2D eigenvalue weighted by Crippen LogP contribution is 2.46. The second kappa shape index (κ2) is 11.0. The number of nitrogens with zero attached hydrogens (tertiary/aromatic N) is 3. The van der Waals surface area contributed by atoms with Gasteiger partial charge in [0, 0.05) is 32.7 Å². The van der Waals surface area contributed by atoms with E-state index in [1.54, 1.807) is 34.9 Å². The molecule has 0 aliphatic carbocycles. The fourth-order valence-electron chi connectivity index (χ4n) is 7.08. The van der Waals surface area contributed by atoms with Crippen LogP contribution in [0.1, 0.15) is 22.3 Å². The van der Waals surface area contributed by atoms with E-state index in [0.717, 1.165) is 50.9 Å². The van der Waals surface area contributed by atoms with Gasteiger partial charge in [0.15, 0.2) is 5.69 Å². The van der Waals surface area contributed by atoms with Crippen molar-refractivity contribution >= 4 is 49.3 Å². The molecule has 8 rings (SSSR count). The molecule has 0 saturated carbocycles. The van der Waals surface area contributed by atoms with Gasteiger partial charge in [-0.15, -0.1) is 0 Å². The number of halogens is 6. The molecule has 0 N–H and O–H groups in total. The van der Waals surface area contributed by atoms with Crippen LogP contribution in [0.4, 0.5) is 32.0 Å². The molecule has 0 aliphatic heterocycles. The molecule has 8 aromatic rings. The summed E-state index contributed by atoms with van der Waals surface area (Å²) >= 11 is 0. The van der Waals surface area contributed by atoms with E-state index < -0.39 is 23.5 Å². The first-order chi connectivity index (χ1) is 23.8. The minimum atomic E-state index is -4.87. The van der Waals surface area contributed by atoms with Crippen molar-refractivity contribution in [2.75, 3.05) is 0 Å². The summed E-state index contributed by atoms with van der Waals surface area (Å²) in [5.41, 5.74) is 1.43. The molecule has 0 unspecified atom stereocenters. The van der Waals surface area contributed by atoms with E-state index in [0.29, 0.717) is 22.1 Å². The number of fused-ring (bicyclic) bond motifs is 6. The summed E-state index contributed by atoms with van der Waals surface area (Å²) in [5.74, 6) is 0. The molecule has 0 atom stereocenters. The van der Waals surface area contributed by atoms with Crippen LogP contribution in [-0.2, 0) is 12.4 Å². The highest BCUT2D eigenvalue weighted by atomic mass is 19.4. The molecule has 2 aromatic heterocycles. The summed E-state index contributed by atoms with van der Waals surface area (Å²) in [6, 6.07) is 30.9. The van der Waals surface area contributed by atoms with E-state index in [1.807, 2.05) is 68.4 Å². The predicted octanol–water partition coefficient (Wildman–Crippen LogP) is 12.8. The van der Waals surface area contributed by atoms with Gasteiger partial charge in [0.1, 0.15) is 0 Å². The van der Waals surface area contributed by atoms with E-state index in [4.69, 9.17) is 6.57 Å². The van der Waals surface area contributed by atoms with E-state index in [9.17, 15) is 13.2 Å². The number of para-hydroxylation sites is 2. The number of hydrogen-bond donors (Lipinski definition) is 0. The van der Waals surface area contributed by atoms with Gasteiger partial charge < -0.3 is 9.13 Å². The highest BCUT2D eigenvalue weighted by molar-refractivity contribution is 6.11. The van der Waals surface area contributed by atoms with Crippen molar-refractivity contribution in [1.82, 2.24) is 9.13 Å². The SMILES string of the molecule is [C-]#[N+]c1cc(-c2cc(-n3c4ccccc4c4ccc(C)cc43)c(C(F)(F)F)cc2-n2c3ccccc3c3ccc(C)cc32)cc(C(F)(F)F)c1. The molecule has 0 radical (unpaired) electrons. The molecule has 246 valence electrons. The van der Waals surface area contributed by atoms with Gasteiger partial charge in [-0.25, -0.2) is 4.85 Å². The van der Waals surface area contributed by atoms with E-state index >= 15 is 13.2 Å². The first-order valence-electron chi connectivity index (χ1n) is 15.7. The molecule has 0 bridgehead atoms. The number of hydrogen-bond acceptors (Lipinski definition) is 0. The second-order valence-corrected chi connectivity index (χ2v) is 12.5. The zero-order valence-corrected chi connectivity index (χ0v) is 26.6. The number of aryl methyl sites for hydroxylation is 2. The average Bonchev–Trinajstić information content (AvgIpc) is 3.58. The van der Waals surface area contributed by atoms with Crippen molar-refractivity contribution in [3.8, 4) is 22.5 Å². The zero-order valence-electron chi connectivity index (χ0n) is 26.6. The van der Waals surface area contributed by atoms with Crippen LogP contribution in [-0.4, -0.2) is 9.13 Å². The molecular formula is C41H25F6N3. The zero-order chi connectivity index (χ0) is 35.1. The summed E-state index contributed by atoms with van der Waals surface area (Å²) in [6.07, 6.45) is -9.67. The molecule has 3 nitrogen and oxygen atoms in total. The van der Waals surface area contributed by atoms with Crippen molar-refractivity contribution in [3.05, 3.63) is 149 Å². The third-order valence-corrected chi connectivity index (χ3v) is 9.24. The molecule has 0 spiro atoms. The lowest BCUT2D eigenvalue weighted by molar-refractivity contribution is -0.138. The standard InChI is InChI=1S/C41H25F6N3/c1-23-12-14-30-28-8-4-6-10-34(28)49(36(30)16-23)38-22-33(41(45,46)47)39(21-32(38)25-18-26(40(42,43)44)20-27(19-25)48-3)50-35-11-7-5-9-29(35)31-15-13-24(2)17-37(31)50/h4-22H,1-2H3. The topological polar surface area (TPSA) is 14.2 Å². The highest BCUT2D eigenvalue weighted by Gasteiger charge is 2.37. The fraction of sp³-hybridized carbons (Fsp3) is 0.0976. The minimum Gasteiger partial charge on any atom is -0.309 e. The van der Waals surface area contributed by atoms with Gasteiger partial charge >= 0.3 is 12.4 Å². The van der Waals surface area contributed by atoms with E-state index in [1.165, 1.54) is 16.7 Å². The number of rotatable bonds is 3. The first kappa shape index (κ1) is 31.3. The second-order valence-electron chi connectivity index (χ2n) is 12.5. The Labute approximate surface area is 282 Å². The largest absolute Gasteiger partial charge is 0.418 e. The normalized spacial score (nSPS) is 12.4. The Kier molecular flexibility index (Phi) is 6.88. The Morgan fingerprint density at radius 3 is 1.56 bits per heavy atom. The lowest BCUT2D eigenvalue weighted by Crippen LogP contribution is -2.13. The van der Waals surface area contributed by atoms with Gasteiger partial charge in [-0.3, -0.25) is 0 Å². The van der Waals surface area contributed by atoms with Gasteiger partial charge in [-0.2, -0.15) is 26.3 Å². The van der Waals surface area contributed by atoms with Crippen LogP contribution in [0.2, 0.25) is 0 Å². The lowest BCUT2D eigenvalue weighted by Gasteiger charge is -2.22. The lowest BCUT2D eigenvalue weighted by atomic mass is 9.96. The van der Waals surface area contributed by atoms with E-state index in [2.05, 4.69) is 4.85 Å². The quantitative estimate of drug-likeness (QED) is 0.131. The summed E-state index contributed by atoms with van der Waals surface area (Å²) < 4.78 is 92.6. The molecule has 50 heavy (non-hydrogen) atoms. The van der Waals surface area contributed by atoms with Crippen LogP contribution >= 0.6 is 0 Å². The number of aromatic nitrogens is 2. The first-order valence-corrected chi connectivity index (χ1v) is 15.7. The third kappa shape index (κ3) is 4.90. The molecule has 0 aliphatic rings. The predicted molar refractivity (Wildman–Crippen MR) is 186 cm³/mol. The Morgan fingerprint density at radius 2 is 1.04 bits per heavy atom. The van der Waals surface area contributed by atoms with E-state index in [-0.39, 0.29) is 28.2 Å². The Bertz CT molecular complexity index is 2720. The summed E-state index contributed by atoms with van der Waals surface area (Å²) in [4.78, 5) is 3.31. The van der Waals surface area contributed by atoms with Crippen molar-refractivity contribution < 1.29 is 26.3 Å². The van der Waals surface area contributed by atoms with Gasteiger partial charge in [0.2, 0.25) is 0 Å². The van der Waals surface area contributed by atoms with Crippen LogP contribution < -0.4 is 0 Å². The third-order valence-electron chi connectivity index (χ3n) is 9.24. The van der Waals surface area contributed by atoms with Crippen LogP contribution in [0.25, 0.3) is 71.0 Å². The minimum absolute atomic E-state index is 0.0325. The van der Waals surface area contributed by atoms with Crippen LogP contribution in [0.5, 0.6) is 0 Å². The number of alkyl halides is 6. The Balaban J connectivity index is 1.60. The smallest absolute Gasteiger partial charge is 0.309 e. The maximum absolute atomic E-state index is 15.5. The molecule has 0 fully saturated rings. The van der Waals surface area contributed by atoms with Gasteiger partial charge in [0.25, 0.3) is 0 Å². The summed E-state index contributed by atoms with van der Waals surface area (Å²) in [6.45, 7) is 11.3. The molecule has 2 heterocycles. The van der Waals surface area contributed by atoms with Crippen molar-refractivity contribution in [3.63, 3.8) is 0 Å². The average molecular weight is 674 g/mol. The van der Waals surface area contributed by atoms with Crippen LogP contribution in [0.15, 0.2) is 115 Å². The van der Waals surface area contributed by atoms with Crippen molar-refractivity contribution in [2.24, 2.45) is 0 Å². The molecule has 9 heteroatoms. The monoisotopic (exact) mass is 673 g/mol. The van der Waals surface area contributed by atoms with Gasteiger partial charge in [-0.1, -0.05) is 60.7 Å². The molecule has 6 aromatic carbocycles. The molecule has 0 saturated heterocycles. The maximum Gasteiger partial charge on any atom is 0.418 e. The fourth-order valence-corrected chi connectivity index (χ4v) is 7.08. The molecular weight excluding hydrogens is 648 g/mol. The van der Waals surface area contributed by atoms with Crippen molar-refractivity contribution in [1.29, 1.82) is 0 Å². The maximum atomic E-state index is 15.5. The Morgan fingerprint density at radius 1 is 0.520 bits per heavy atom. The van der Waals surface area contributed by atoms with Gasteiger partial charge in [-0.05, 0) is 85.1 Å². The summed E-state index contributed by atoms with van der Waals surface area (Å²) in [7, 11) is 0. The van der Waals surface area contributed by atoms with Crippen molar-refractivity contribution in [2.45, 2.75) is 26.2 Å².